The molecule has 0 aliphatic carbocycles. The summed E-state index contributed by atoms with van der Waals surface area (Å²) in [5, 5.41) is 4.59. The Kier molecular flexibility index (Phi) is 6.62. The average Bonchev–Trinajstić information content (AvgIpc) is 3.10. The van der Waals surface area contributed by atoms with Crippen molar-refractivity contribution in [2.75, 3.05) is 13.2 Å². The molecule has 3 N–H and O–H groups in total. The summed E-state index contributed by atoms with van der Waals surface area (Å²) in [4.78, 5) is 23.8. The fourth-order valence-electron chi connectivity index (χ4n) is 1.76. The van der Waals surface area contributed by atoms with Crippen molar-refractivity contribution in [2.45, 2.75) is 0 Å². The molecule has 1 heterocycles. The van der Waals surface area contributed by atoms with Gasteiger partial charge in [0, 0.05) is 11.0 Å². The number of hydrogen-bond acceptors (Lipinski definition) is 4. The summed E-state index contributed by atoms with van der Waals surface area (Å²) >= 11 is 1.56. The number of nitrogens with two attached hydrogens (primary N) is 1. The van der Waals surface area contributed by atoms with Gasteiger partial charge < -0.3 is 15.8 Å². The number of rotatable bonds is 6. The van der Waals surface area contributed by atoms with Crippen molar-refractivity contribution < 1.29 is 14.3 Å². The molecule has 0 bridgehead atoms. The van der Waals surface area contributed by atoms with Gasteiger partial charge >= 0.3 is 0 Å². The van der Waals surface area contributed by atoms with Gasteiger partial charge in [0.25, 0.3) is 5.91 Å². The van der Waals surface area contributed by atoms with Crippen molar-refractivity contribution in [1.82, 2.24) is 5.32 Å². The summed E-state index contributed by atoms with van der Waals surface area (Å²) in [6, 6.07) is 10.5. The minimum Gasteiger partial charge on any atom is -0.480 e. The standard InChI is InChI=1S/C18H16N2O3S/c19-18(22)15-7-1-2-8-16(15)23-12-4-3-11-20-17(21)10-9-14-6-5-13-24-14/h1-2,5-10,13H,11-12H2,(H2,19,22)(H,20,21). The van der Waals surface area contributed by atoms with Crippen LogP contribution in [0.3, 0.4) is 0 Å². The normalized spacial score (nSPS) is 10.0. The molecule has 0 saturated carbocycles. The number of nitrogens with one attached hydrogen (secondary N) is 1. The Labute approximate surface area is 144 Å². The molecule has 1 aromatic carbocycles. The summed E-state index contributed by atoms with van der Waals surface area (Å²) < 4.78 is 5.40. The van der Waals surface area contributed by atoms with E-state index in [-0.39, 0.29) is 19.1 Å². The summed E-state index contributed by atoms with van der Waals surface area (Å²) in [7, 11) is 0. The van der Waals surface area contributed by atoms with E-state index in [4.69, 9.17) is 10.5 Å². The van der Waals surface area contributed by atoms with Crippen LogP contribution in [0.5, 0.6) is 5.75 Å². The number of thiophene rings is 1. The first-order valence-electron chi connectivity index (χ1n) is 7.13. The highest BCUT2D eigenvalue weighted by Gasteiger charge is 2.06. The lowest BCUT2D eigenvalue weighted by Crippen LogP contribution is -2.21. The maximum Gasteiger partial charge on any atom is 0.252 e. The third-order valence-electron chi connectivity index (χ3n) is 2.87. The monoisotopic (exact) mass is 340 g/mol. The molecule has 0 saturated heterocycles. The quantitative estimate of drug-likeness (QED) is 0.624. The van der Waals surface area contributed by atoms with Crippen LogP contribution < -0.4 is 15.8 Å². The van der Waals surface area contributed by atoms with E-state index in [9.17, 15) is 9.59 Å². The number of ether oxygens (including phenoxy) is 1. The predicted octanol–water partition coefficient (Wildman–Crippen LogP) is 2.06. The van der Waals surface area contributed by atoms with Crippen LogP contribution in [0.25, 0.3) is 6.08 Å². The van der Waals surface area contributed by atoms with Crippen molar-refractivity contribution in [2.24, 2.45) is 5.73 Å². The van der Waals surface area contributed by atoms with Crippen LogP contribution in [0, 0.1) is 11.8 Å². The lowest BCUT2D eigenvalue weighted by molar-refractivity contribution is -0.116. The largest absolute Gasteiger partial charge is 0.480 e. The van der Waals surface area contributed by atoms with E-state index in [2.05, 4.69) is 17.2 Å². The Hall–Kier alpha value is -3.04. The summed E-state index contributed by atoms with van der Waals surface area (Å²) in [5.74, 6) is 5.17. The number of para-hydroxylation sites is 1. The highest BCUT2D eigenvalue weighted by Crippen LogP contribution is 2.16. The molecule has 0 radical (unpaired) electrons. The van der Waals surface area contributed by atoms with E-state index in [0.29, 0.717) is 11.3 Å². The fraction of sp³-hybridized carbons (Fsp3) is 0.111. The van der Waals surface area contributed by atoms with Gasteiger partial charge in [-0.05, 0) is 29.7 Å². The molecule has 1 aromatic heterocycles. The van der Waals surface area contributed by atoms with Crippen LogP contribution >= 0.6 is 11.3 Å². The molecular weight excluding hydrogens is 324 g/mol. The minimum absolute atomic E-state index is 0.102. The number of carbonyl (C=O) groups excluding carboxylic acids is 2. The molecule has 0 atom stereocenters. The minimum atomic E-state index is -0.552. The Balaban J connectivity index is 1.73. The van der Waals surface area contributed by atoms with Gasteiger partial charge in [-0.3, -0.25) is 9.59 Å². The van der Waals surface area contributed by atoms with Gasteiger partial charge in [-0.2, -0.15) is 0 Å². The number of amides is 2. The van der Waals surface area contributed by atoms with Crippen LogP contribution in [0.4, 0.5) is 0 Å². The van der Waals surface area contributed by atoms with E-state index >= 15 is 0 Å². The number of carbonyl (C=O) groups is 2. The molecule has 6 heteroatoms. The van der Waals surface area contributed by atoms with Gasteiger partial charge in [0.2, 0.25) is 5.91 Å². The summed E-state index contributed by atoms with van der Waals surface area (Å²) in [6.45, 7) is 0.319. The Morgan fingerprint density at radius 1 is 1.21 bits per heavy atom. The topological polar surface area (TPSA) is 81.4 Å². The molecule has 122 valence electrons. The van der Waals surface area contributed by atoms with Crippen molar-refractivity contribution in [1.29, 1.82) is 0 Å². The third kappa shape index (κ3) is 5.63. The van der Waals surface area contributed by atoms with Crippen LogP contribution in [-0.2, 0) is 4.79 Å². The second-order valence-corrected chi connectivity index (χ2v) is 5.55. The highest BCUT2D eigenvalue weighted by molar-refractivity contribution is 7.10. The van der Waals surface area contributed by atoms with Crippen LogP contribution in [0.1, 0.15) is 15.2 Å². The molecule has 0 aliphatic heterocycles. The van der Waals surface area contributed by atoms with E-state index < -0.39 is 5.91 Å². The van der Waals surface area contributed by atoms with E-state index in [1.807, 2.05) is 17.5 Å². The molecule has 0 unspecified atom stereocenters. The van der Waals surface area contributed by atoms with E-state index in [0.717, 1.165) is 4.88 Å². The van der Waals surface area contributed by atoms with Crippen LogP contribution in [0.2, 0.25) is 0 Å². The van der Waals surface area contributed by atoms with Crippen LogP contribution in [-0.4, -0.2) is 25.0 Å². The SMILES string of the molecule is NC(=O)c1ccccc1OCC#CCNC(=O)C=Cc1cccs1. The summed E-state index contributed by atoms with van der Waals surface area (Å²) in [6.07, 6.45) is 3.21. The maximum absolute atomic E-state index is 11.6. The molecule has 0 aliphatic rings. The zero-order valence-electron chi connectivity index (χ0n) is 12.8. The summed E-state index contributed by atoms with van der Waals surface area (Å²) in [5.41, 5.74) is 5.57. The lowest BCUT2D eigenvalue weighted by atomic mass is 10.2. The van der Waals surface area contributed by atoms with Gasteiger partial charge in [0.05, 0.1) is 12.1 Å². The Bertz CT molecular complexity index is 786. The van der Waals surface area contributed by atoms with Crippen LogP contribution in [0.15, 0.2) is 47.9 Å². The van der Waals surface area contributed by atoms with E-state index in [1.165, 1.54) is 6.08 Å². The second kappa shape index (κ2) is 9.18. The fourth-order valence-corrected chi connectivity index (χ4v) is 2.38. The predicted molar refractivity (Wildman–Crippen MR) is 94.6 cm³/mol. The molecule has 24 heavy (non-hydrogen) atoms. The second-order valence-electron chi connectivity index (χ2n) is 4.57. The molecule has 0 spiro atoms. The van der Waals surface area contributed by atoms with Crippen molar-refractivity contribution in [3.8, 4) is 17.6 Å². The van der Waals surface area contributed by atoms with Gasteiger partial charge in [-0.25, -0.2) is 0 Å². The maximum atomic E-state index is 11.6. The van der Waals surface area contributed by atoms with E-state index in [1.54, 1.807) is 41.7 Å². The average molecular weight is 340 g/mol. The molecule has 2 amide bonds. The first-order valence-corrected chi connectivity index (χ1v) is 8.01. The van der Waals surface area contributed by atoms with Crippen molar-refractivity contribution >= 4 is 29.2 Å². The molecular formula is C18H16N2O3S. The number of hydrogen-bond donors (Lipinski definition) is 2. The van der Waals surface area contributed by atoms with Crippen molar-refractivity contribution in [3.05, 3.63) is 58.3 Å². The first-order chi connectivity index (χ1) is 11.7. The Morgan fingerprint density at radius 2 is 2.04 bits per heavy atom. The van der Waals surface area contributed by atoms with Gasteiger partial charge in [-0.1, -0.05) is 30.0 Å². The van der Waals surface area contributed by atoms with Crippen molar-refractivity contribution in [3.63, 3.8) is 0 Å². The Morgan fingerprint density at radius 3 is 2.79 bits per heavy atom. The first kappa shape index (κ1) is 17.3. The molecule has 2 rings (SSSR count). The highest BCUT2D eigenvalue weighted by atomic mass is 32.1. The van der Waals surface area contributed by atoms with Gasteiger partial charge in [0.15, 0.2) is 0 Å². The lowest BCUT2D eigenvalue weighted by Gasteiger charge is -2.05. The molecule has 2 aromatic rings. The molecule has 0 fully saturated rings. The van der Waals surface area contributed by atoms with Gasteiger partial charge in [0.1, 0.15) is 12.4 Å². The third-order valence-corrected chi connectivity index (χ3v) is 3.71. The molecule has 5 nitrogen and oxygen atoms in total. The zero-order valence-corrected chi connectivity index (χ0v) is 13.6. The zero-order chi connectivity index (χ0) is 17.2. The number of benzene rings is 1. The van der Waals surface area contributed by atoms with Gasteiger partial charge in [-0.15, -0.1) is 11.3 Å². The smallest absolute Gasteiger partial charge is 0.252 e. The number of primary amides is 1.